The molecule has 0 radical (unpaired) electrons. The molecule has 2 aromatic carbocycles. The van der Waals surface area contributed by atoms with E-state index in [1.54, 1.807) is 25.3 Å². The molecule has 0 spiro atoms. The first-order valence-electron chi connectivity index (χ1n) is 8.12. The maximum atomic E-state index is 11.3. The molecule has 0 atom stereocenters. The Morgan fingerprint density at radius 2 is 1.81 bits per heavy atom. The standard InChI is InChI=1S/C21H16N2O3/c1-26-17-9-5-6-14(13-17)19-18-10-2-3-11-23(18)20(22-19)15-7-4-8-16(12-15)21(24)25/h2-13H,1H3,(H,24,25). The van der Waals surface area contributed by atoms with Gasteiger partial charge in [0, 0.05) is 17.3 Å². The number of imidazole rings is 1. The number of hydrogen-bond acceptors (Lipinski definition) is 3. The van der Waals surface area contributed by atoms with Gasteiger partial charge in [-0.25, -0.2) is 9.78 Å². The van der Waals surface area contributed by atoms with Crippen molar-refractivity contribution in [3.63, 3.8) is 0 Å². The Morgan fingerprint density at radius 3 is 2.62 bits per heavy atom. The van der Waals surface area contributed by atoms with Gasteiger partial charge in [0.2, 0.25) is 0 Å². The fourth-order valence-electron chi connectivity index (χ4n) is 3.02. The Labute approximate surface area is 150 Å². The molecule has 2 heterocycles. The van der Waals surface area contributed by atoms with Crippen LogP contribution in [-0.2, 0) is 0 Å². The predicted octanol–water partition coefficient (Wildman–Crippen LogP) is 4.38. The van der Waals surface area contributed by atoms with Gasteiger partial charge in [-0.2, -0.15) is 0 Å². The third-order valence-electron chi connectivity index (χ3n) is 4.26. The Bertz CT molecular complexity index is 1120. The maximum absolute atomic E-state index is 11.3. The number of aromatic carboxylic acids is 1. The molecular formula is C21H16N2O3. The quantitative estimate of drug-likeness (QED) is 0.597. The van der Waals surface area contributed by atoms with Crippen LogP contribution in [0.3, 0.4) is 0 Å². The average molecular weight is 344 g/mol. The molecule has 5 nitrogen and oxygen atoms in total. The molecule has 1 N–H and O–H groups in total. The summed E-state index contributed by atoms with van der Waals surface area (Å²) in [5, 5.41) is 9.27. The van der Waals surface area contributed by atoms with Crippen LogP contribution >= 0.6 is 0 Å². The molecular weight excluding hydrogens is 328 g/mol. The molecule has 128 valence electrons. The van der Waals surface area contributed by atoms with Crippen LogP contribution in [0.25, 0.3) is 28.2 Å². The zero-order valence-corrected chi connectivity index (χ0v) is 14.1. The van der Waals surface area contributed by atoms with Crippen molar-refractivity contribution in [2.75, 3.05) is 7.11 Å². The minimum atomic E-state index is -0.958. The number of carboxylic acid groups (broad SMARTS) is 1. The van der Waals surface area contributed by atoms with E-state index in [4.69, 9.17) is 9.72 Å². The number of methoxy groups -OCH3 is 1. The van der Waals surface area contributed by atoms with Gasteiger partial charge < -0.3 is 9.84 Å². The summed E-state index contributed by atoms with van der Waals surface area (Å²) in [6.07, 6.45) is 1.93. The van der Waals surface area contributed by atoms with E-state index < -0.39 is 5.97 Å². The smallest absolute Gasteiger partial charge is 0.335 e. The van der Waals surface area contributed by atoms with Crippen LogP contribution < -0.4 is 4.74 Å². The average Bonchev–Trinajstić information content (AvgIpc) is 3.08. The van der Waals surface area contributed by atoms with Gasteiger partial charge in [0.05, 0.1) is 23.9 Å². The van der Waals surface area contributed by atoms with Gasteiger partial charge in [-0.3, -0.25) is 4.40 Å². The van der Waals surface area contributed by atoms with Gasteiger partial charge in [0.25, 0.3) is 0 Å². The van der Waals surface area contributed by atoms with E-state index in [1.165, 1.54) is 0 Å². The van der Waals surface area contributed by atoms with Crippen LogP contribution in [0, 0.1) is 0 Å². The third kappa shape index (κ3) is 2.69. The van der Waals surface area contributed by atoms with E-state index in [1.807, 2.05) is 59.1 Å². The van der Waals surface area contributed by atoms with Crippen molar-refractivity contribution in [2.45, 2.75) is 0 Å². The largest absolute Gasteiger partial charge is 0.497 e. The monoisotopic (exact) mass is 344 g/mol. The van der Waals surface area contributed by atoms with Crippen LogP contribution in [0.2, 0.25) is 0 Å². The molecule has 0 saturated carbocycles. The number of rotatable bonds is 4. The SMILES string of the molecule is COc1cccc(-c2nc(-c3cccc(C(=O)O)c3)n3ccccc23)c1. The van der Waals surface area contributed by atoms with Crippen molar-refractivity contribution < 1.29 is 14.6 Å². The number of aromatic nitrogens is 2. The zero-order chi connectivity index (χ0) is 18.1. The van der Waals surface area contributed by atoms with Gasteiger partial charge in [-0.05, 0) is 36.4 Å². The number of nitrogens with zero attached hydrogens (tertiary/aromatic N) is 2. The molecule has 0 saturated heterocycles. The molecule has 2 aromatic heterocycles. The number of ether oxygens (including phenoxy) is 1. The minimum absolute atomic E-state index is 0.234. The number of pyridine rings is 1. The summed E-state index contributed by atoms with van der Waals surface area (Å²) < 4.78 is 7.29. The Kier molecular flexibility index (Phi) is 3.89. The summed E-state index contributed by atoms with van der Waals surface area (Å²) in [4.78, 5) is 16.1. The van der Waals surface area contributed by atoms with E-state index >= 15 is 0 Å². The maximum Gasteiger partial charge on any atom is 0.335 e. The number of benzene rings is 2. The zero-order valence-electron chi connectivity index (χ0n) is 14.1. The Morgan fingerprint density at radius 1 is 1.00 bits per heavy atom. The summed E-state index contributed by atoms with van der Waals surface area (Å²) in [6, 6.07) is 20.4. The number of carboxylic acids is 1. The van der Waals surface area contributed by atoms with E-state index in [9.17, 15) is 9.90 Å². The second-order valence-corrected chi connectivity index (χ2v) is 5.86. The van der Waals surface area contributed by atoms with Gasteiger partial charge in [-0.1, -0.05) is 30.3 Å². The van der Waals surface area contributed by atoms with Crippen molar-refractivity contribution in [3.8, 4) is 28.4 Å². The summed E-state index contributed by atoms with van der Waals surface area (Å²) in [6.45, 7) is 0. The third-order valence-corrected chi connectivity index (χ3v) is 4.26. The summed E-state index contributed by atoms with van der Waals surface area (Å²) in [5.74, 6) is 0.497. The van der Waals surface area contributed by atoms with Crippen LogP contribution in [0.15, 0.2) is 72.9 Å². The topological polar surface area (TPSA) is 63.8 Å². The van der Waals surface area contributed by atoms with Crippen LogP contribution in [0.4, 0.5) is 0 Å². The molecule has 0 aliphatic rings. The van der Waals surface area contributed by atoms with Gasteiger partial charge in [0.15, 0.2) is 0 Å². The fourth-order valence-corrected chi connectivity index (χ4v) is 3.02. The molecule has 0 unspecified atom stereocenters. The van der Waals surface area contributed by atoms with Gasteiger partial charge in [-0.15, -0.1) is 0 Å². The Balaban J connectivity index is 1.95. The lowest BCUT2D eigenvalue weighted by atomic mass is 10.1. The molecule has 5 heteroatoms. The van der Waals surface area contributed by atoms with Crippen LogP contribution in [0.1, 0.15) is 10.4 Å². The minimum Gasteiger partial charge on any atom is -0.497 e. The lowest BCUT2D eigenvalue weighted by Gasteiger charge is -2.02. The highest BCUT2D eigenvalue weighted by molar-refractivity contribution is 5.89. The normalized spacial score (nSPS) is 10.8. The molecule has 4 aromatic rings. The molecule has 4 rings (SSSR count). The number of hydrogen-bond donors (Lipinski definition) is 1. The highest BCUT2D eigenvalue weighted by atomic mass is 16.5. The van der Waals surface area contributed by atoms with E-state index in [0.717, 1.165) is 28.1 Å². The predicted molar refractivity (Wildman–Crippen MR) is 99.6 cm³/mol. The molecule has 0 fully saturated rings. The summed E-state index contributed by atoms with van der Waals surface area (Å²) >= 11 is 0. The second-order valence-electron chi connectivity index (χ2n) is 5.86. The lowest BCUT2D eigenvalue weighted by molar-refractivity contribution is 0.0697. The highest BCUT2D eigenvalue weighted by Gasteiger charge is 2.15. The summed E-state index contributed by atoms with van der Waals surface area (Å²) in [7, 11) is 1.63. The number of fused-ring (bicyclic) bond motifs is 1. The van der Waals surface area contributed by atoms with E-state index in [0.29, 0.717) is 5.82 Å². The molecule has 0 aliphatic carbocycles. The van der Waals surface area contributed by atoms with Crippen molar-refractivity contribution >= 4 is 11.5 Å². The van der Waals surface area contributed by atoms with Crippen LogP contribution in [-0.4, -0.2) is 27.6 Å². The van der Waals surface area contributed by atoms with Crippen molar-refractivity contribution in [3.05, 3.63) is 78.5 Å². The molecule has 0 bridgehead atoms. The van der Waals surface area contributed by atoms with Crippen molar-refractivity contribution in [1.29, 1.82) is 0 Å². The first-order chi connectivity index (χ1) is 12.7. The fraction of sp³-hybridized carbons (Fsp3) is 0.0476. The summed E-state index contributed by atoms with van der Waals surface area (Å²) in [5.41, 5.74) is 3.68. The molecule has 0 aliphatic heterocycles. The van der Waals surface area contributed by atoms with Crippen molar-refractivity contribution in [2.24, 2.45) is 0 Å². The Hall–Kier alpha value is -3.60. The van der Waals surface area contributed by atoms with Gasteiger partial charge in [0.1, 0.15) is 11.6 Å². The van der Waals surface area contributed by atoms with E-state index in [2.05, 4.69) is 0 Å². The second kappa shape index (κ2) is 6.37. The van der Waals surface area contributed by atoms with Crippen LogP contribution in [0.5, 0.6) is 5.75 Å². The lowest BCUT2D eigenvalue weighted by Crippen LogP contribution is -1.97. The molecule has 26 heavy (non-hydrogen) atoms. The molecule has 0 amide bonds. The highest BCUT2D eigenvalue weighted by Crippen LogP contribution is 2.31. The number of carbonyl (C=O) groups is 1. The van der Waals surface area contributed by atoms with Gasteiger partial charge >= 0.3 is 5.97 Å². The van der Waals surface area contributed by atoms with E-state index in [-0.39, 0.29) is 5.56 Å². The first-order valence-corrected chi connectivity index (χ1v) is 8.12. The first kappa shape index (κ1) is 15.9. The van der Waals surface area contributed by atoms with Crippen molar-refractivity contribution in [1.82, 2.24) is 9.38 Å².